The molecular formula is C16H16ClFO3. The fourth-order valence-electron chi connectivity index (χ4n) is 2.11. The molecule has 0 spiro atoms. The van der Waals surface area contributed by atoms with Crippen molar-refractivity contribution in [2.75, 3.05) is 14.2 Å². The van der Waals surface area contributed by atoms with Crippen LogP contribution in [0.1, 0.15) is 17.2 Å². The summed E-state index contributed by atoms with van der Waals surface area (Å²) >= 11 is 5.99. The SMILES string of the molecule is COc1ccc(OC)c(C(O)Cc2ccc(F)cc2Cl)c1. The number of halogens is 2. The predicted octanol–water partition coefficient (Wildman–Crippen LogP) is 3.77. The van der Waals surface area contributed by atoms with Gasteiger partial charge in [-0.1, -0.05) is 17.7 Å². The lowest BCUT2D eigenvalue weighted by atomic mass is 10.00. The molecule has 0 bridgehead atoms. The summed E-state index contributed by atoms with van der Waals surface area (Å²) in [6, 6.07) is 9.29. The van der Waals surface area contributed by atoms with E-state index in [2.05, 4.69) is 0 Å². The van der Waals surface area contributed by atoms with Crippen LogP contribution in [0.25, 0.3) is 0 Å². The molecule has 0 radical (unpaired) electrons. The minimum atomic E-state index is -0.835. The topological polar surface area (TPSA) is 38.7 Å². The lowest BCUT2D eigenvalue weighted by Gasteiger charge is -2.16. The largest absolute Gasteiger partial charge is 0.497 e. The number of hydrogen-bond acceptors (Lipinski definition) is 3. The van der Waals surface area contributed by atoms with E-state index >= 15 is 0 Å². The van der Waals surface area contributed by atoms with Crippen molar-refractivity contribution in [3.05, 3.63) is 58.4 Å². The average Bonchev–Trinajstić information content (AvgIpc) is 2.49. The Hall–Kier alpha value is -1.78. The van der Waals surface area contributed by atoms with Crippen LogP contribution in [0.2, 0.25) is 5.02 Å². The van der Waals surface area contributed by atoms with Gasteiger partial charge in [0.25, 0.3) is 0 Å². The molecule has 0 fully saturated rings. The van der Waals surface area contributed by atoms with Crippen LogP contribution < -0.4 is 9.47 Å². The first-order chi connectivity index (χ1) is 10.0. The van der Waals surface area contributed by atoms with Crippen LogP contribution in [0, 0.1) is 5.82 Å². The van der Waals surface area contributed by atoms with Crippen molar-refractivity contribution in [1.82, 2.24) is 0 Å². The van der Waals surface area contributed by atoms with Gasteiger partial charge in [-0.3, -0.25) is 0 Å². The van der Waals surface area contributed by atoms with Gasteiger partial charge in [-0.2, -0.15) is 0 Å². The van der Waals surface area contributed by atoms with Crippen LogP contribution in [-0.2, 0) is 6.42 Å². The molecular weight excluding hydrogens is 295 g/mol. The number of aliphatic hydroxyl groups is 1. The minimum absolute atomic E-state index is 0.253. The Kier molecular flexibility index (Phi) is 5.04. The van der Waals surface area contributed by atoms with Gasteiger partial charge in [-0.05, 0) is 35.9 Å². The average molecular weight is 311 g/mol. The third-order valence-corrected chi connectivity index (χ3v) is 3.58. The molecule has 0 heterocycles. The monoisotopic (exact) mass is 310 g/mol. The molecule has 112 valence electrons. The van der Waals surface area contributed by atoms with E-state index in [0.29, 0.717) is 22.6 Å². The van der Waals surface area contributed by atoms with E-state index in [0.717, 1.165) is 0 Å². The molecule has 0 aromatic heterocycles. The number of hydrogen-bond donors (Lipinski definition) is 1. The zero-order valence-corrected chi connectivity index (χ0v) is 12.5. The smallest absolute Gasteiger partial charge is 0.124 e. The molecule has 0 aliphatic heterocycles. The van der Waals surface area contributed by atoms with E-state index in [9.17, 15) is 9.50 Å². The summed E-state index contributed by atoms with van der Waals surface area (Å²) in [6.45, 7) is 0. The van der Waals surface area contributed by atoms with E-state index in [1.54, 1.807) is 31.4 Å². The first kappa shape index (κ1) is 15.6. The molecule has 0 amide bonds. The molecule has 5 heteroatoms. The summed E-state index contributed by atoms with van der Waals surface area (Å²) in [6.07, 6.45) is -0.583. The van der Waals surface area contributed by atoms with Crippen LogP contribution in [0.15, 0.2) is 36.4 Å². The van der Waals surface area contributed by atoms with Crippen molar-refractivity contribution < 1.29 is 19.0 Å². The van der Waals surface area contributed by atoms with Crippen LogP contribution in [0.4, 0.5) is 4.39 Å². The zero-order valence-electron chi connectivity index (χ0n) is 11.8. The molecule has 0 aliphatic carbocycles. The van der Waals surface area contributed by atoms with Gasteiger partial charge in [0.05, 0.1) is 20.3 Å². The molecule has 1 N–H and O–H groups in total. The normalized spacial score (nSPS) is 12.0. The molecule has 2 rings (SSSR count). The van der Waals surface area contributed by atoms with Crippen LogP contribution in [-0.4, -0.2) is 19.3 Å². The van der Waals surface area contributed by atoms with E-state index in [4.69, 9.17) is 21.1 Å². The van der Waals surface area contributed by atoms with Crippen molar-refractivity contribution in [2.45, 2.75) is 12.5 Å². The second-order valence-electron chi connectivity index (χ2n) is 4.56. The van der Waals surface area contributed by atoms with Crippen LogP contribution in [0.3, 0.4) is 0 Å². The summed E-state index contributed by atoms with van der Waals surface area (Å²) in [5.74, 6) is 0.772. The predicted molar refractivity (Wildman–Crippen MR) is 79.6 cm³/mol. The molecule has 0 saturated carbocycles. The molecule has 2 aromatic carbocycles. The Morgan fingerprint density at radius 3 is 2.52 bits per heavy atom. The third-order valence-electron chi connectivity index (χ3n) is 3.22. The fourth-order valence-corrected chi connectivity index (χ4v) is 2.35. The molecule has 1 atom stereocenters. The first-order valence-corrected chi connectivity index (χ1v) is 6.77. The van der Waals surface area contributed by atoms with Gasteiger partial charge in [0.15, 0.2) is 0 Å². The second kappa shape index (κ2) is 6.78. The highest BCUT2D eigenvalue weighted by molar-refractivity contribution is 6.31. The number of aliphatic hydroxyl groups excluding tert-OH is 1. The Bertz CT molecular complexity index is 631. The van der Waals surface area contributed by atoms with Crippen molar-refractivity contribution in [1.29, 1.82) is 0 Å². The van der Waals surface area contributed by atoms with E-state index in [1.807, 2.05) is 0 Å². The maximum atomic E-state index is 13.0. The summed E-state index contributed by atoms with van der Waals surface area (Å²) in [5.41, 5.74) is 1.26. The quantitative estimate of drug-likeness (QED) is 0.913. The van der Waals surface area contributed by atoms with Crippen LogP contribution >= 0.6 is 11.6 Å². The van der Waals surface area contributed by atoms with Gasteiger partial charge < -0.3 is 14.6 Å². The number of methoxy groups -OCH3 is 2. The van der Waals surface area contributed by atoms with Crippen LogP contribution in [0.5, 0.6) is 11.5 Å². The van der Waals surface area contributed by atoms with Gasteiger partial charge in [0, 0.05) is 17.0 Å². The Labute approximate surface area is 127 Å². The second-order valence-corrected chi connectivity index (χ2v) is 4.97. The summed E-state index contributed by atoms with van der Waals surface area (Å²) < 4.78 is 23.4. The fraction of sp³-hybridized carbons (Fsp3) is 0.250. The van der Waals surface area contributed by atoms with Crippen molar-refractivity contribution in [2.24, 2.45) is 0 Å². The molecule has 21 heavy (non-hydrogen) atoms. The van der Waals surface area contributed by atoms with Crippen molar-refractivity contribution >= 4 is 11.6 Å². The Balaban J connectivity index is 2.28. The molecule has 0 aliphatic rings. The van der Waals surface area contributed by atoms with Gasteiger partial charge in [-0.15, -0.1) is 0 Å². The van der Waals surface area contributed by atoms with E-state index in [-0.39, 0.29) is 11.4 Å². The maximum absolute atomic E-state index is 13.0. The van der Waals surface area contributed by atoms with Gasteiger partial charge in [0.2, 0.25) is 0 Å². The number of rotatable bonds is 5. The van der Waals surface area contributed by atoms with Gasteiger partial charge in [-0.25, -0.2) is 4.39 Å². The summed E-state index contributed by atoms with van der Waals surface area (Å²) in [7, 11) is 3.08. The van der Waals surface area contributed by atoms with Crippen molar-refractivity contribution in [3.63, 3.8) is 0 Å². The zero-order chi connectivity index (χ0) is 15.4. The van der Waals surface area contributed by atoms with Gasteiger partial charge >= 0.3 is 0 Å². The standard InChI is InChI=1S/C16H16ClFO3/c1-20-12-5-6-16(21-2)13(9-12)15(19)7-10-3-4-11(18)8-14(10)17/h3-6,8-9,15,19H,7H2,1-2H3. The third kappa shape index (κ3) is 3.65. The van der Waals surface area contributed by atoms with E-state index < -0.39 is 11.9 Å². The summed E-state index contributed by atoms with van der Waals surface area (Å²) in [4.78, 5) is 0. The lowest BCUT2D eigenvalue weighted by molar-refractivity contribution is 0.173. The lowest BCUT2D eigenvalue weighted by Crippen LogP contribution is -2.05. The highest BCUT2D eigenvalue weighted by Crippen LogP contribution is 2.32. The maximum Gasteiger partial charge on any atom is 0.124 e. The Morgan fingerprint density at radius 2 is 1.90 bits per heavy atom. The van der Waals surface area contributed by atoms with Gasteiger partial charge in [0.1, 0.15) is 17.3 Å². The first-order valence-electron chi connectivity index (χ1n) is 6.39. The molecule has 1 unspecified atom stereocenters. The molecule has 0 saturated heterocycles. The number of benzene rings is 2. The molecule has 2 aromatic rings. The molecule has 3 nitrogen and oxygen atoms in total. The number of ether oxygens (including phenoxy) is 2. The van der Waals surface area contributed by atoms with E-state index in [1.165, 1.54) is 19.2 Å². The van der Waals surface area contributed by atoms with Crippen molar-refractivity contribution in [3.8, 4) is 11.5 Å². The Morgan fingerprint density at radius 1 is 1.14 bits per heavy atom. The summed E-state index contributed by atoms with van der Waals surface area (Å²) in [5, 5.41) is 10.7. The minimum Gasteiger partial charge on any atom is -0.497 e. The highest BCUT2D eigenvalue weighted by atomic mass is 35.5. The highest BCUT2D eigenvalue weighted by Gasteiger charge is 2.16.